The van der Waals surface area contributed by atoms with Gasteiger partial charge in [0, 0.05) is 5.92 Å². The molecule has 0 bridgehead atoms. The van der Waals surface area contributed by atoms with Crippen LogP contribution in [0.3, 0.4) is 0 Å². The van der Waals surface area contributed by atoms with E-state index >= 15 is 0 Å². The molecule has 2 aliphatic carbocycles. The highest BCUT2D eigenvalue weighted by Crippen LogP contribution is 2.52. The lowest BCUT2D eigenvalue weighted by atomic mass is 9.90. The summed E-state index contributed by atoms with van der Waals surface area (Å²) in [5, 5.41) is 8.64. The minimum Gasteiger partial charge on any atom is -0.198 e. The van der Waals surface area contributed by atoms with Crippen molar-refractivity contribution in [3.8, 4) is 6.07 Å². The highest BCUT2D eigenvalue weighted by molar-refractivity contribution is 5.02. The van der Waals surface area contributed by atoms with Crippen molar-refractivity contribution in [1.82, 2.24) is 0 Å². The molecule has 2 fully saturated rings. The van der Waals surface area contributed by atoms with Gasteiger partial charge >= 0.3 is 0 Å². The van der Waals surface area contributed by atoms with Crippen molar-refractivity contribution in [2.24, 2.45) is 17.8 Å². The van der Waals surface area contributed by atoms with Crippen LogP contribution in [0.25, 0.3) is 0 Å². The van der Waals surface area contributed by atoms with Gasteiger partial charge in [0.05, 0.1) is 6.07 Å². The maximum atomic E-state index is 8.64. The lowest BCUT2D eigenvalue weighted by molar-refractivity contribution is 0.403. The van der Waals surface area contributed by atoms with Gasteiger partial charge in [0.1, 0.15) is 0 Å². The minimum absolute atomic E-state index is 0.434. The summed E-state index contributed by atoms with van der Waals surface area (Å²) in [4.78, 5) is 0. The fourth-order valence-corrected chi connectivity index (χ4v) is 2.07. The van der Waals surface area contributed by atoms with Crippen molar-refractivity contribution < 1.29 is 0 Å². The second kappa shape index (κ2) is 1.73. The summed E-state index contributed by atoms with van der Waals surface area (Å²) in [6, 6.07) is 2.40. The normalized spacial score (nSPS) is 47.2. The van der Waals surface area contributed by atoms with Gasteiger partial charge in [-0.3, -0.25) is 0 Å². The SMILES string of the molecule is N#C[C@@H]1CCC[C@@H]2C[C@H]21. The summed E-state index contributed by atoms with van der Waals surface area (Å²) in [5.74, 6) is 2.22. The van der Waals surface area contributed by atoms with E-state index in [2.05, 4.69) is 6.07 Å². The Kier molecular flexibility index (Phi) is 1.02. The average molecular weight is 121 g/mol. The smallest absolute Gasteiger partial charge is 0.0658 e. The average Bonchev–Trinajstić information content (AvgIpc) is 2.64. The van der Waals surface area contributed by atoms with Crippen LogP contribution >= 0.6 is 0 Å². The highest BCUT2D eigenvalue weighted by atomic mass is 14.5. The number of nitrogens with zero attached hydrogens (tertiary/aromatic N) is 1. The molecule has 1 heteroatoms. The molecule has 0 amide bonds. The largest absolute Gasteiger partial charge is 0.198 e. The Morgan fingerprint density at radius 2 is 2.22 bits per heavy atom. The van der Waals surface area contributed by atoms with Crippen LogP contribution in [0.4, 0.5) is 0 Å². The van der Waals surface area contributed by atoms with E-state index in [9.17, 15) is 0 Å². The molecule has 0 heterocycles. The first-order chi connectivity index (χ1) is 4.42. The first-order valence-electron chi connectivity index (χ1n) is 3.81. The van der Waals surface area contributed by atoms with Crippen LogP contribution < -0.4 is 0 Å². The Balaban J connectivity index is 2.02. The maximum Gasteiger partial charge on any atom is 0.0658 e. The third-order valence-corrected chi connectivity index (χ3v) is 2.75. The van der Waals surface area contributed by atoms with Gasteiger partial charge in [0.15, 0.2) is 0 Å². The monoisotopic (exact) mass is 121 g/mol. The molecule has 0 radical (unpaired) electrons. The summed E-state index contributed by atoms with van der Waals surface area (Å²) >= 11 is 0. The Morgan fingerprint density at radius 1 is 1.33 bits per heavy atom. The van der Waals surface area contributed by atoms with Crippen LogP contribution in [0.1, 0.15) is 25.7 Å². The molecule has 0 aromatic rings. The summed E-state index contributed by atoms with van der Waals surface area (Å²) < 4.78 is 0. The van der Waals surface area contributed by atoms with Crippen LogP contribution in [0.2, 0.25) is 0 Å². The van der Waals surface area contributed by atoms with Gasteiger partial charge in [-0.05, 0) is 24.7 Å². The molecular weight excluding hydrogens is 110 g/mol. The van der Waals surface area contributed by atoms with Crippen LogP contribution in [-0.2, 0) is 0 Å². The second-order valence-corrected chi connectivity index (χ2v) is 3.33. The Hall–Kier alpha value is -0.510. The van der Waals surface area contributed by atoms with Crippen LogP contribution in [-0.4, -0.2) is 0 Å². The summed E-state index contributed by atoms with van der Waals surface area (Å²) in [6.07, 6.45) is 5.25. The van der Waals surface area contributed by atoms with Crippen molar-refractivity contribution in [2.75, 3.05) is 0 Å². The molecule has 1 nitrogen and oxygen atoms in total. The predicted molar refractivity (Wildman–Crippen MR) is 34.6 cm³/mol. The Labute approximate surface area is 55.7 Å². The van der Waals surface area contributed by atoms with Gasteiger partial charge < -0.3 is 0 Å². The zero-order valence-corrected chi connectivity index (χ0v) is 5.51. The van der Waals surface area contributed by atoms with Crippen LogP contribution in [0.5, 0.6) is 0 Å². The maximum absolute atomic E-state index is 8.64. The quantitative estimate of drug-likeness (QED) is 0.480. The van der Waals surface area contributed by atoms with E-state index in [1.54, 1.807) is 0 Å². The zero-order chi connectivity index (χ0) is 6.27. The molecule has 0 N–H and O–H groups in total. The van der Waals surface area contributed by atoms with Crippen molar-refractivity contribution in [1.29, 1.82) is 5.26 Å². The molecule has 9 heavy (non-hydrogen) atoms. The molecule has 0 aliphatic heterocycles. The molecule has 0 spiro atoms. The number of nitriles is 1. The lowest BCUT2D eigenvalue weighted by Crippen LogP contribution is -2.06. The van der Waals surface area contributed by atoms with E-state index in [-0.39, 0.29) is 0 Å². The molecular formula is C8H11N. The summed E-state index contributed by atoms with van der Waals surface area (Å²) in [6.45, 7) is 0. The Morgan fingerprint density at radius 3 is 2.89 bits per heavy atom. The molecule has 3 atom stereocenters. The van der Waals surface area contributed by atoms with E-state index < -0.39 is 0 Å². The van der Waals surface area contributed by atoms with E-state index in [0.29, 0.717) is 5.92 Å². The lowest BCUT2D eigenvalue weighted by Gasteiger charge is -2.12. The van der Waals surface area contributed by atoms with Crippen molar-refractivity contribution in [2.45, 2.75) is 25.7 Å². The van der Waals surface area contributed by atoms with Crippen molar-refractivity contribution in [3.05, 3.63) is 0 Å². The number of hydrogen-bond donors (Lipinski definition) is 0. The van der Waals surface area contributed by atoms with E-state index in [4.69, 9.17) is 5.26 Å². The topological polar surface area (TPSA) is 23.8 Å². The van der Waals surface area contributed by atoms with E-state index in [1.807, 2.05) is 0 Å². The van der Waals surface area contributed by atoms with Gasteiger partial charge in [-0.1, -0.05) is 12.8 Å². The van der Waals surface area contributed by atoms with Gasteiger partial charge in [-0.2, -0.15) is 5.26 Å². The highest BCUT2D eigenvalue weighted by Gasteiger charge is 2.45. The van der Waals surface area contributed by atoms with E-state index in [0.717, 1.165) is 11.8 Å². The number of rotatable bonds is 0. The number of fused-ring (bicyclic) bond motifs is 1. The third kappa shape index (κ3) is 0.738. The fourth-order valence-electron chi connectivity index (χ4n) is 2.07. The molecule has 2 rings (SSSR count). The number of hydrogen-bond acceptors (Lipinski definition) is 1. The van der Waals surface area contributed by atoms with Gasteiger partial charge in [0.2, 0.25) is 0 Å². The predicted octanol–water partition coefficient (Wildman–Crippen LogP) is 1.95. The summed E-state index contributed by atoms with van der Waals surface area (Å²) in [5.41, 5.74) is 0. The zero-order valence-electron chi connectivity index (χ0n) is 5.51. The molecule has 2 saturated carbocycles. The summed E-state index contributed by atoms with van der Waals surface area (Å²) in [7, 11) is 0. The van der Waals surface area contributed by atoms with Gasteiger partial charge in [-0.15, -0.1) is 0 Å². The van der Waals surface area contributed by atoms with Crippen LogP contribution in [0, 0.1) is 29.1 Å². The second-order valence-electron chi connectivity index (χ2n) is 3.33. The standard InChI is InChI=1S/C8H11N/c9-5-7-3-1-2-6-4-8(6)7/h6-8H,1-4H2/t6-,7+,8-/m1/s1. The molecule has 2 aliphatic rings. The molecule has 0 aromatic heterocycles. The van der Waals surface area contributed by atoms with Gasteiger partial charge in [0.25, 0.3) is 0 Å². The minimum atomic E-state index is 0.434. The molecule has 0 aromatic carbocycles. The Bertz CT molecular complexity index is 156. The van der Waals surface area contributed by atoms with Crippen molar-refractivity contribution >= 4 is 0 Å². The van der Waals surface area contributed by atoms with Crippen molar-refractivity contribution in [3.63, 3.8) is 0 Å². The third-order valence-electron chi connectivity index (χ3n) is 2.75. The van der Waals surface area contributed by atoms with E-state index in [1.165, 1.54) is 25.7 Å². The van der Waals surface area contributed by atoms with Crippen LogP contribution in [0.15, 0.2) is 0 Å². The first-order valence-corrected chi connectivity index (χ1v) is 3.81. The first kappa shape index (κ1) is 5.29. The molecule has 0 saturated heterocycles. The molecule has 48 valence electrons. The van der Waals surface area contributed by atoms with Gasteiger partial charge in [-0.25, -0.2) is 0 Å². The molecule has 0 unspecified atom stereocenters. The fraction of sp³-hybridized carbons (Fsp3) is 0.875.